The van der Waals surface area contributed by atoms with E-state index in [9.17, 15) is 14.4 Å². The van der Waals surface area contributed by atoms with Gasteiger partial charge in [0.2, 0.25) is 5.91 Å². The maximum Gasteiger partial charge on any atom is 0.262 e. The lowest BCUT2D eigenvalue weighted by Gasteiger charge is -2.27. The van der Waals surface area contributed by atoms with Crippen molar-refractivity contribution in [3.63, 3.8) is 0 Å². The van der Waals surface area contributed by atoms with E-state index in [2.05, 4.69) is 20.5 Å². The Kier molecular flexibility index (Phi) is 6.72. The molecule has 0 radical (unpaired) electrons. The van der Waals surface area contributed by atoms with Crippen LogP contribution in [0.15, 0.2) is 29.3 Å². The van der Waals surface area contributed by atoms with Gasteiger partial charge in [0.05, 0.1) is 0 Å². The highest BCUT2D eigenvalue weighted by Gasteiger charge is 2.33. The van der Waals surface area contributed by atoms with Crippen molar-refractivity contribution in [3.8, 4) is 0 Å². The van der Waals surface area contributed by atoms with Gasteiger partial charge >= 0.3 is 0 Å². The summed E-state index contributed by atoms with van der Waals surface area (Å²) in [6, 6.07) is 6.81. The predicted octanol–water partition coefficient (Wildman–Crippen LogP) is 2.64. The first-order valence-electron chi connectivity index (χ1n) is 9.67. The summed E-state index contributed by atoms with van der Waals surface area (Å²) in [4.78, 5) is 43.0. The van der Waals surface area contributed by atoms with Gasteiger partial charge in [0, 0.05) is 36.8 Å². The van der Waals surface area contributed by atoms with Crippen molar-refractivity contribution in [3.05, 3.63) is 29.8 Å². The molecule has 7 nitrogen and oxygen atoms in total. The molecule has 1 aromatic carbocycles. The third-order valence-corrected chi connectivity index (χ3v) is 5.77. The van der Waals surface area contributed by atoms with Crippen LogP contribution in [0.2, 0.25) is 0 Å². The number of nitrogens with zero attached hydrogens (tertiary/aromatic N) is 2. The summed E-state index contributed by atoms with van der Waals surface area (Å²) in [7, 11) is 0. The smallest absolute Gasteiger partial charge is 0.262 e. The molecule has 2 N–H and O–H groups in total. The first kappa shape index (κ1) is 20.4. The second-order valence-electron chi connectivity index (χ2n) is 7.35. The molecule has 3 rings (SSSR count). The van der Waals surface area contributed by atoms with Gasteiger partial charge in [0.25, 0.3) is 11.8 Å². The molecular weight excluding hydrogens is 376 g/mol. The standard InChI is InChI=1S/C20H26N4O3S/c1-13(2)21-18(26)14-7-6-8-15(11-14)22-17(25)12-16-19(27)23-20(28-16)24-9-4-3-5-10-24/h6-8,11,13,16H,3-5,9-10,12H2,1-2H3,(H,21,26)(H,22,25)/t16-/m1/s1. The number of hydrogen-bond acceptors (Lipinski definition) is 5. The largest absolute Gasteiger partial charge is 0.351 e. The molecule has 1 saturated heterocycles. The van der Waals surface area contributed by atoms with Gasteiger partial charge in [-0.25, -0.2) is 0 Å². The highest BCUT2D eigenvalue weighted by atomic mass is 32.2. The Hall–Kier alpha value is -2.35. The van der Waals surface area contributed by atoms with E-state index in [-0.39, 0.29) is 30.2 Å². The summed E-state index contributed by atoms with van der Waals surface area (Å²) in [5.41, 5.74) is 1.02. The number of likely N-dealkylation sites (tertiary alicyclic amines) is 1. The van der Waals surface area contributed by atoms with E-state index in [1.54, 1.807) is 24.3 Å². The molecule has 1 fully saturated rings. The molecule has 2 heterocycles. The van der Waals surface area contributed by atoms with E-state index >= 15 is 0 Å². The Morgan fingerprint density at radius 2 is 2.00 bits per heavy atom. The molecule has 2 aliphatic rings. The Balaban J connectivity index is 1.55. The van der Waals surface area contributed by atoms with Crippen molar-refractivity contribution in [2.24, 2.45) is 4.99 Å². The molecule has 1 atom stereocenters. The van der Waals surface area contributed by atoms with Crippen LogP contribution in [0.3, 0.4) is 0 Å². The van der Waals surface area contributed by atoms with E-state index in [0.29, 0.717) is 11.3 Å². The van der Waals surface area contributed by atoms with Gasteiger partial charge in [-0.2, -0.15) is 4.99 Å². The summed E-state index contributed by atoms with van der Waals surface area (Å²) in [6.45, 7) is 5.62. The molecule has 150 valence electrons. The molecule has 3 amide bonds. The van der Waals surface area contributed by atoms with Crippen LogP contribution in [0.1, 0.15) is 49.9 Å². The lowest BCUT2D eigenvalue weighted by molar-refractivity contribution is -0.121. The fourth-order valence-corrected chi connectivity index (χ4v) is 4.31. The number of aliphatic imine (C=N–C) groups is 1. The second kappa shape index (κ2) is 9.23. The maximum atomic E-state index is 12.4. The van der Waals surface area contributed by atoms with Crippen molar-refractivity contribution in [1.29, 1.82) is 0 Å². The normalized spacial score (nSPS) is 19.5. The molecular formula is C20H26N4O3S. The van der Waals surface area contributed by atoms with Crippen molar-refractivity contribution in [2.45, 2.75) is 50.8 Å². The zero-order valence-electron chi connectivity index (χ0n) is 16.2. The van der Waals surface area contributed by atoms with Gasteiger partial charge in [-0.3, -0.25) is 14.4 Å². The first-order valence-corrected chi connectivity index (χ1v) is 10.6. The zero-order chi connectivity index (χ0) is 20.1. The number of piperidine rings is 1. The second-order valence-corrected chi connectivity index (χ2v) is 8.52. The topological polar surface area (TPSA) is 90.9 Å². The van der Waals surface area contributed by atoms with Crippen molar-refractivity contribution < 1.29 is 14.4 Å². The number of rotatable bonds is 5. The SMILES string of the molecule is CC(C)NC(=O)c1cccc(NC(=O)C[C@H]2SC(N3CCCCC3)=NC2=O)c1. The summed E-state index contributed by atoms with van der Waals surface area (Å²) >= 11 is 1.38. The van der Waals surface area contributed by atoms with Crippen LogP contribution in [0, 0.1) is 0 Å². The molecule has 28 heavy (non-hydrogen) atoms. The summed E-state index contributed by atoms with van der Waals surface area (Å²) in [5.74, 6) is -0.694. The lowest BCUT2D eigenvalue weighted by atomic mass is 10.1. The molecule has 0 unspecified atom stereocenters. The van der Waals surface area contributed by atoms with Crippen LogP contribution >= 0.6 is 11.8 Å². The molecule has 0 aliphatic carbocycles. The molecule has 0 spiro atoms. The first-order chi connectivity index (χ1) is 13.4. The molecule has 1 aromatic rings. The van der Waals surface area contributed by atoms with Crippen LogP contribution in [-0.2, 0) is 9.59 Å². The Labute approximate surface area is 169 Å². The fourth-order valence-electron chi connectivity index (χ4n) is 3.19. The van der Waals surface area contributed by atoms with Crippen LogP contribution in [0.25, 0.3) is 0 Å². The van der Waals surface area contributed by atoms with Crippen LogP contribution in [0.4, 0.5) is 5.69 Å². The number of nitrogens with one attached hydrogen (secondary N) is 2. The Morgan fingerprint density at radius 1 is 1.25 bits per heavy atom. The van der Waals surface area contributed by atoms with Gasteiger partial charge in [-0.1, -0.05) is 17.8 Å². The van der Waals surface area contributed by atoms with Gasteiger partial charge in [0.1, 0.15) is 5.25 Å². The number of carbonyl (C=O) groups is 3. The van der Waals surface area contributed by atoms with Gasteiger partial charge in [-0.15, -0.1) is 0 Å². The third-order valence-electron chi connectivity index (χ3n) is 4.55. The van der Waals surface area contributed by atoms with Crippen molar-refractivity contribution in [2.75, 3.05) is 18.4 Å². The molecule has 8 heteroatoms. The van der Waals surface area contributed by atoms with E-state index < -0.39 is 5.25 Å². The molecule has 2 aliphatic heterocycles. The lowest BCUT2D eigenvalue weighted by Crippen LogP contribution is -2.33. The highest BCUT2D eigenvalue weighted by Crippen LogP contribution is 2.29. The van der Waals surface area contributed by atoms with Crippen molar-refractivity contribution >= 4 is 40.3 Å². The number of amidine groups is 1. The molecule has 0 bridgehead atoms. The minimum atomic E-state index is -0.482. The monoisotopic (exact) mass is 402 g/mol. The number of amides is 3. The Bertz CT molecular complexity index is 787. The quantitative estimate of drug-likeness (QED) is 0.790. The Morgan fingerprint density at radius 3 is 2.71 bits per heavy atom. The predicted molar refractivity (Wildman–Crippen MR) is 112 cm³/mol. The fraction of sp³-hybridized carbons (Fsp3) is 0.500. The number of benzene rings is 1. The maximum absolute atomic E-state index is 12.4. The van der Waals surface area contributed by atoms with Gasteiger partial charge < -0.3 is 15.5 Å². The number of hydrogen-bond donors (Lipinski definition) is 2. The number of thioether (sulfide) groups is 1. The van der Waals surface area contributed by atoms with Crippen LogP contribution in [-0.4, -0.2) is 52.2 Å². The van der Waals surface area contributed by atoms with E-state index in [4.69, 9.17) is 0 Å². The van der Waals surface area contributed by atoms with Crippen LogP contribution in [0.5, 0.6) is 0 Å². The van der Waals surface area contributed by atoms with Crippen LogP contribution < -0.4 is 10.6 Å². The third kappa shape index (κ3) is 5.34. The van der Waals surface area contributed by atoms with E-state index in [1.807, 2.05) is 13.8 Å². The van der Waals surface area contributed by atoms with Crippen molar-refractivity contribution in [1.82, 2.24) is 10.2 Å². The zero-order valence-corrected chi connectivity index (χ0v) is 17.1. The van der Waals surface area contributed by atoms with E-state index in [1.165, 1.54) is 18.2 Å². The molecule has 0 saturated carbocycles. The number of carbonyl (C=O) groups excluding carboxylic acids is 3. The van der Waals surface area contributed by atoms with Gasteiger partial charge in [0.15, 0.2) is 5.17 Å². The summed E-state index contributed by atoms with van der Waals surface area (Å²) < 4.78 is 0. The minimum absolute atomic E-state index is 0.0326. The summed E-state index contributed by atoms with van der Waals surface area (Å²) in [6.07, 6.45) is 3.49. The highest BCUT2D eigenvalue weighted by molar-refractivity contribution is 8.15. The summed E-state index contributed by atoms with van der Waals surface area (Å²) in [5, 5.41) is 5.87. The molecule has 0 aromatic heterocycles. The van der Waals surface area contributed by atoms with Gasteiger partial charge in [-0.05, 0) is 51.3 Å². The minimum Gasteiger partial charge on any atom is -0.351 e. The van der Waals surface area contributed by atoms with E-state index in [0.717, 1.165) is 31.1 Å². The average molecular weight is 403 g/mol. The number of anilines is 1. The average Bonchev–Trinajstić information content (AvgIpc) is 3.02.